The van der Waals surface area contributed by atoms with Gasteiger partial charge in [-0.1, -0.05) is 32.8 Å². The minimum Gasteiger partial charge on any atom is -0.374 e. The molecule has 0 saturated carbocycles. The lowest BCUT2D eigenvalue weighted by Gasteiger charge is -2.26. The lowest BCUT2D eigenvalue weighted by Crippen LogP contribution is -2.25. The van der Waals surface area contributed by atoms with Gasteiger partial charge in [-0.25, -0.2) is 4.39 Å². The largest absolute Gasteiger partial charge is 0.374 e. The molecule has 0 aliphatic carbocycles. The summed E-state index contributed by atoms with van der Waals surface area (Å²) in [6.07, 6.45) is 3.58. The molecule has 0 amide bonds. The standard InChI is InChI=1S/C16H27FN2/c1-5-7-8-12-19(4)15-11-9-10-14(17)16(15)13(3)18-6-2/h9-11,13,18H,5-8,12H2,1-4H3. The first-order valence-electron chi connectivity index (χ1n) is 7.34. The number of unbranched alkanes of at least 4 members (excludes halogenated alkanes) is 2. The Morgan fingerprint density at radius 2 is 2.00 bits per heavy atom. The van der Waals surface area contributed by atoms with E-state index in [-0.39, 0.29) is 11.9 Å². The number of hydrogen-bond donors (Lipinski definition) is 1. The van der Waals surface area contributed by atoms with Crippen molar-refractivity contribution in [2.75, 3.05) is 25.0 Å². The Morgan fingerprint density at radius 3 is 2.63 bits per heavy atom. The third-order valence-corrected chi connectivity index (χ3v) is 3.48. The molecule has 0 bridgehead atoms. The average Bonchev–Trinajstić information content (AvgIpc) is 2.38. The number of benzene rings is 1. The highest BCUT2D eigenvalue weighted by atomic mass is 19.1. The van der Waals surface area contributed by atoms with Crippen molar-refractivity contribution in [3.05, 3.63) is 29.6 Å². The molecule has 0 fully saturated rings. The molecule has 1 aromatic rings. The molecule has 2 nitrogen and oxygen atoms in total. The summed E-state index contributed by atoms with van der Waals surface area (Å²) in [6.45, 7) is 8.08. The van der Waals surface area contributed by atoms with Gasteiger partial charge < -0.3 is 10.2 Å². The Morgan fingerprint density at radius 1 is 1.26 bits per heavy atom. The van der Waals surface area contributed by atoms with Gasteiger partial charge in [-0.05, 0) is 32.0 Å². The molecule has 1 rings (SSSR count). The maximum Gasteiger partial charge on any atom is 0.130 e. The molecule has 0 aromatic heterocycles. The van der Waals surface area contributed by atoms with Crippen LogP contribution in [-0.4, -0.2) is 20.1 Å². The van der Waals surface area contributed by atoms with Gasteiger partial charge in [0, 0.05) is 30.9 Å². The zero-order valence-electron chi connectivity index (χ0n) is 12.7. The summed E-state index contributed by atoms with van der Waals surface area (Å²) in [4.78, 5) is 2.17. The van der Waals surface area contributed by atoms with E-state index in [4.69, 9.17) is 0 Å². The number of nitrogens with zero attached hydrogens (tertiary/aromatic N) is 1. The lowest BCUT2D eigenvalue weighted by molar-refractivity contribution is 0.539. The van der Waals surface area contributed by atoms with E-state index in [1.807, 2.05) is 27.0 Å². The third-order valence-electron chi connectivity index (χ3n) is 3.48. The molecule has 1 aromatic carbocycles. The molecule has 1 atom stereocenters. The van der Waals surface area contributed by atoms with Crippen LogP contribution in [0.4, 0.5) is 10.1 Å². The highest BCUT2D eigenvalue weighted by Crippen LogP contribution is 2.28. The fraction of sp³-hybridized carbons (Fsp3) is 0.625. The lowest BCUT2D eigenvalue weighted by atomic mass is 10.0. The van der Waals surface area contributed by atoms with E-state index in [2.05, 4.69) is 17.1 Å². The number of anilines is 1. The van der Waals surface area contributed by atoms with E-state index < -0.39 is 0 Å². The second-order valence-corrected chi connectivity index (χ2v) is 5.08. The first-order chi connectivity index (χ1) is 9.11. The van der Waals surface area contributed by atoms with Crippen LogP contribution in [0.5, 0.6) is 0 Å². The summed E-state index contributed by atoms with van der Waals surface area (Å²) in [7, 11) is 2.05. The Labute approximate surface area is 117 Å². The van der Waals surface area contributed by atoms with Crippen LogP contribution in [-0.2, 0) is 0 Å². The Kier molecular flexibility index (Phi) is 6.85. The second-order valence-electron chi connectivity index (χ2n) is 5.08. The highest BCUT2D eigenvalue weighted by Gasteiger charge is 2.17. The van der Waals surface area contributed by atoms with E-state index >= 15 is 0 Å². The summed E-state index contributed by atoms with van der Waals surface area (Å²) in [6, 6.07) is 5.39. The first-order valence-corrected chi connectivity index (χ1v) is 7.34. The third kappa shape index (κ3) is 4.50. The Bertz CT molecular complexity index is 379. The van der Waals surface area contributed by atoms with Gasteiger partial charge >= 0.3 is 0 Å². The molecule has 0 aliphatic heterocycles. The number of halogens is 1. The van der Waals surface area contributed by atoms with Gasteiger partial charge in [0.2, 0.25) is 0 Å². The van der Waals surface area contributed by atoms with Crippen LogP contribution in [0, 0.1) is 5.82 Å². The maximum atomic E-state index is 14.1. The summed E-state index contributed by atoms with van der Waals surface area (Å²) in [5.41, 5.74) is 1.79. The zero-order valence-corrected chi connectivity index (χ0v) is 12.7. The van der Waals surface area contributed by atoms with E-state index in [9.17, 15) is 4.39 Å². The molecule has 1 N–H and O–H groups in total. The molecule has 0 radical (unpaired) electrons. The topological polar surface area (TPSA) is 15.3 Å². The fourth-order valence-electron chi connectivity index (χ4n) is 2.41. The van der Waals surface area contributed by atoms with Crippen LogP contribution >= 0.6 is 0 Å². The SMILES string of the molecule is CCCCCN(C)c1cccc(F)c1C(C)NCC. The van der Waals surface area contributed by atoms with E-state index in [0.717, 1.165) is 30.8 Å². The van der Waals surface area contributed by atoms with Gasteiger partial charge in [0.15, 0.2) is 0 Å². The van der Waals surface area contributed by atoms with Crippen LogP contribution in [0.3, 0.4) is 0 Å². The normalized spacial score (nSPS) is 12.5. The van der Waals surface area contributed by atoms with Gasteiger partial charge in [-0.3, -0.25) is 0 Å². The van der Waals surface area contributed by atoms with Crippen LogP contribution < -0.4 is 10.2 Å². The van der Waals surface area contributed by atoms with Crippen LogP contribution in [0.2, 0.25) is 0 Å². The molecular weight excluding hydrogens is 239 g/mol. The Hall–Kier alpha value is -1.09. The van der Waals surface area contributed by atoms with Crippen molar-refractivity contribution in [1.29, 1.82) is 0 Å². The van der Waals surface area contributed by atoms with Crippen molar-refractivity contribution in [3.63, 3.8) is 0 Å². The maximum absolute atomic E-state index is 14.1. The molecular formula is C16H27FN2. The van der Waals surface area contributed by atoms with Crippen LogP contribution in [0.15, 0.2) is 18.2 Å². The quantitative estimate of drug-likeness (QED) is 0.712. The molecule has 0 saturated heterocycles. The summed E-state index contributed by atoms with van der Waals surface area (Å²) >= 11 is 0. The van der Waals surface area contributed by atoms with E-state index in [1.54, 1.807) is 12.1 Å². The average molecular weight is 266 g/mol. The van der Waals surface area contributed by atoms with Crippen molar-refractivity contribution in [3.8, 4) is 0 Å². The fourth-order valence-corrected chi connectivity index (χ4v) is 2.41. The number of hydrogen-bond acceptors (Lipinski definition) is 2. The summed E-state index contributed by atoms with van der Waals surface area (Å²) < 4.78 is 14.1. The first kappa shape index (κ1) is 16.0. The monoisotopic (exact) mass is 266 g/mol. The molecule has 108 valence electrons. The molecule has 0 heterocycles. The minimum atomic E-state index is -0.117. The van der Waals surface area contributed by atoms with Gasteiger partial charge in [-0.15, -0.1) is 0 Å². The van der Waals surface area contributed by atoms with Crippen molar-refractivity contribution in [2.24, 2.45) is 0 Å². The molecule has 3 heteroatoms. The highest BCUT2D eigenvalue weighted by molar-refractivity contribution is 5.55. The van der Waals surface area contributed by atoms with Gasteiger partial charge in [0.05, 0.1) is 0 Å². The van der Waals surface area contributed by atoms with E-state index in [0.29, 0.717) is 0 Å². The number of rotatable bonds is 8. The molecule has 1 unspecified atom stereocenters. The van der Waals surface area contributed by atoms with Crippen molar-refractivity contribution in [2.45, 2.75) is 46.1 Å². The van der Waals surface area contributed by atoms with Gasteiger partial charge in [0.1, 0.15) is 5.82 Å². The molecule has 19 heavy (non-hydrogen) atoms. The van der Waals surface area contributed by atoms with Crippen molar-refractivity contribution in [1.82, 2.24) is 5.32 Å². The smallest absolute Gasteiger partial charge is 0.130 e. The number of nitrogens with one attached hydrogen (secondary N) is 1. The van der Waals surface area contributed by atoms with Gasteiger partial charge in [-0.2, -0.15) is 0 Å². The van der Waals surface area contributed by atoms with Crippen LogP contribution in [0.25, 0.3) is 0 Å². The molecule has 0 spiro atoms. The van der Waals surface area contributed by atoms with E-state index in [1.165, 1.54) is 12.8 Å². The summed E-state index contributed by atoms with van der Waals surface area (Å²) in [5.74, 6) is -0.117. The second kappa shape index (κ2) is 8.16. The van der Waals surface area contributed by atoms with Crippen molar-refractivity contribution >= 4 is 5.69 Å². The Balaban J connectivity index is 2.89. The minimum absolute atomic E-state index is 0.0369. The van der Waals surface area contributed by atoms with Crippen LogP contribution in [0.1, 0.15) is 51.6 Å². The zero-order chi connectivity index (χ0) is 14.3. The predicted molar refractivity (Wildman–Crippen MR) is 81.3 cm³/mol. The van der Waals surface area contributed by atoms with Gasteiger partial charge in [0.25, 0.3) is 0 Å². The van der Waals surface area contributed by atoms with Crippen molar-refractivity contribution < 1.29 is 4.39 Å². The predicted octanol–water partition coefficient (Wildman–Crippen LogP) is 4.12. The summed E-state index contributed by atoms with van der Waals surface area (Å²) in [5, 5.41) is 3.30. The molecule has 0 aliphatic rings.